The summed E-state index contributed by atoms with van der Waals surface area (Å²) in [6.45, 7) is 1.90. The molecule has 1 aromatic heterocycles. The largest absolute Gasteiger partial charge is 0.462 e. The van der Waals surface area contributed by atoms with Gasteiger partial charge in [-0.05, 0) is 60.2 Å². The molecule has 40 heavy (non-hydrogen) atoms. The van der Waals surface area contributed by atoms with Gasteiger partial charge in [0.15, 0.2) is 0 Å². The molecule has 1 heterocycles. The van der Waals surface area contributed by atoms with E-state index in [1.165, 1.54) is 11.8 Å². The maximum Gasteiger partial charge on any atom is 0.349 e. The number of benzene rings is 3. The highest BCUT2D eigenvalue weighted by Crippen LogP contribution is 2.45. The molecule has 0 saturated heterocycles. The van der Waals surface area contributed by atoms with E-state index in [4.69, 9.17) is 9.72 Å². The lowest BCUT2D eigenvalue weighted by molar-refractivity contribution is -0.137. The van der Waals surface area contributed by atoms with E-state index in [9.17, 15) is 15.3 Å². The number of halogens is 1. The predicted molar refractivity (Wildman–Crippen MR) is 161 cm³/mol. The molecule has 0 N–H and O–H groups in total. The summed E-state index contributed by atoms with van der Waals surface area (Å²) < 4.78 is 6.23. The van der Waals surface area contributed by atoms with Gasteiger partial charge >= 0.3 is 5.97 Å². The summed E-state index contributed by atoms with van der Waals surface area (Å²) in [6, 6.07) is 32.0. The van der Waals surface area contributed by atoms with Crippen molar-refractivity contribution in [1.29, 1.82) is 10.5 Å². The predicted octanol–water partition coefficient (Wildman–Crippen LogP) is 8.00. The molecule has 0 radical (unpaired) electrons. The first-order chi connectivity index (χ1) is 19.5. The van der Waals surface area contributed by atoms with Crippen molar-refractivity contribution in [1.82, 2.24) is 4.98 Å². The monoisotopic (exact) mass is 605 g/mol. The average molecular weight is 607 g/mol. The SMILES string of the molecule is CCOC(=O)C(C#N)=C1c2ccccc2CCC1Sc1nc(-c2ccc(Br)cc2)cc(-c2ccccc2)c1C#N. The average Bonchev–Trinajstić information content (AvgIpc) is 2.99. The molecule has 0 spiro atoms. The van der Waals surface area contributed by atoms with E-state index < -0.39 is 5.97 Å². The summed E-state index contributed by atoms with van der Waals surface area (Å²) in [5.74, 6) is -0.635. The summed E-state index contributed by atoms with van der Waals surface area (Å²) >= 11 is 4.93. The van der Waals surface area contributed by atoms with Gasteiger partial charge in [-0.25, -0.2) is 9.78 Å². The van der Waals surface area contributed by atoms with E-state index in [0.29, 0.717) is 22.6 Å². The number of nitriles is 2. The van der Waals surface area contributed by atoms with Crippen LogP contribution in [0.3, 0.4) is 0 Å². The van der Waals surface area contributed by atoms with Gasteiger partial charge in [-0.1, -0.05) is 94.4 Å². The van der Waals surface area contributed by atoms with Crippen molar-refractivity contribution in [3.05, 3.63) is 112 Å². The molecule has 0 bridgehead atoms. The van der Waals surface area contributed by atoms with Crippen LogP contribution in [0.2, 0.25) is 0 Å². The molecular weight excluding hydrogens is 582 g/mol. The Kier molecular flexibility index (Phi) is 8.45. The summed E-state index contributed by atoms with van der Waals surface area (Å²) in [7, 11) is 0. The molecule has 1 unspecified atom stereocenters. The third-order valence-corrected chi connectivity index (χ3v) is 8.55. The Morgan fingerprint density at radius 2 is 1.73 bits per heavy atom. The van der Waals surface area contributed by atoms with Crippen LogP contribution >= 0.6 is 27.7 Å². The molecule has 5 nitrogen and oxygen atoms in total. The molecule has 0 amide bonds. The molecule has 0 saturated carbocycles. The molecule has 3 aromatic carbocycles. The van der Waals surface area contributed by atoms with Gasteiger partial charge in [0.2, 0.25) is 0 Å². The van der Waals surface area contributed by atoms with Crippen LogP contribution in [-0.2, 0) is 16.0 Å². The second kappa shape index (κ2) is 12.3. The zero-order valence-corrected chi connectivity index (χ0v) is 24.1. The Hall–Kier alpha value is -4.17. The topological polar surface area (TPSA) is 86.8 Å². The van der Waals surface area contributed by atoms with Gasteiger partial charge in [-0.2, -0.15) is 10.5 Å². The molecule has 7 heteroatoms. The molecule has 0 aliphatic heterocycles. The van der Waals surface area contributed by atoms with Gasteiger partial charge in [0, 0.05) is 20.8 Å². The van der Waals surface area contributed by atoms with E-state index in [-0.39, 0.29) is 17.4 Å². The number of hydrogen-bond donors (Lipinski definition) is 0. The first-order valence-electron chi connectivity index (χ1n) is 12.9. The van der Waals surface area contributed by atoms with Crippen LogP contribution in [0.4, 0.5) is 0 Å². The van der Waals surface area contributed by atoms with Gasteiger partial charge in [-0.3, -0.25) is 0 Å². The number of carbonyl (C=O) groups is 1. The molecule has 1 aliphatic rings. The van der Waals surface area contributed by atoms with E-state index in [1.54, 1.807) is 6.92 Å². The zero-order valence-electron chi connectivity index (χ0n) is 21.7. The summed E-state index contributed by atoms with van der Waals surface area (Å²) in [5, 5.41) is 20.8. The molecule has 5 rings (SSSR count). The van der Waals surface area contributed by atoms with Crippen LogP contribution in [0, 0.1) is 22.7 Å². The highest BCUT2D eigenvalue weighted by molar-refractivity contribution is 9.10. The fourth-order valence-corrected chi connectivity index (χ4v) is 6.46. The van der Waals surface area contributed by atoms with Crippen molar-refractivity contribution < 1.29 is 9.53 Å². The van der Waals surface area contributed by atoms with Crippen molar-refractivity contribution in [2.24, 2.45) is 0 Å². The van der Waals surface area contributed by atoms with Gasteiger partial charge in [0.1, 0.15) is 22.7 Å². The van der Waals surface area contributed by atoms with E-state index in [0.717, 1.165) is 44.4 Å². The smallest absolute Gasteiger partial charge is 0.349 e. The first kappa shape index (κ1) is 27.4. The van der Waals surface area contributed by atoms with Gasteiger partial charge in [0.05, 0.1) is 17.9 Å². The van der Waals surface area contributed by atoms with Gasteiger partial charge in [0.25, 0.3) is 0 Å². The highest BCUT2D eigenvalue weighted by atomic mass is 79.9. The summed E-state index contributed by atoms with van der Waals surface area (Å²) in [4.78, 5) is 17.9. The summed E-state index contributed by atoms with van der Waals surface area (Å²) in [5.41, 5.74) is 6.38. The molecule has 4 aromatic rings. The zero-order chi connectivity index (χ0) is 28.1. The van der Waals surface area contributed by atoms with Crippen molar-refractivity contribution in [2.75, 3.05) is 6.61 Å². The van der Waals surface area contributed by atoms with Gasteiger partial charge in [-0.15, -0.1) is 0 Å². The van der Waals surface area contributed by atoms with Crippen LogP contribution in [0.15, 0.2) is 100 Å². The van der Waals surface area contributed by atoms with Crippen molar-refractivity contribution in [3.63, 3.8) is 0 Å². The molecular formula is C33H24BrN3O2S. The van der Waals surface area contributed by atoms with E-state index >= 15 is 0 Å². The van der Waals surface area contributed by atoms with Crippen LogP contribution in [0.1, 0.15) is 30.0 Å². The van der Waals surface area contributed by atoms with Crippen molar-refractivity contribution in [3.8, 4) is 34.5 Å². The number of carbonyl (C=O) groups excluding carboxylic acids is 1. The Morgan fingerprint density at radius 1 is 1.00 bits per heavy atom. The number of aryl methyl sites for hydroxylation is 1. The number of thioether (sulfide) groups is 1. The second-order valence-electron chi connectivity index (χ2n) is 9.14. The lowest BCUT2D eigenvalue weighted by atomic mass is 9.84. The fourth-order valence-electron chi connectivity index (χ4n) is 4.90. The molecule has 196 valence electrons. The van der Waals surface area contributed by atoms with Gasteiger partial charge < -0.3 is 4.74 Å². The Bertz CT molecular complexity index is 1690. The van der Waals surface area contributed by atoms with E-state index in [1.807, 2.05) is 84.9 Å². The minimum Gasteiger partial charge on any atom is -0.462 e. The molecule has 1 aliphatic carbocycles. The molecule has 0 fully saturated rings. The number of fused-ring (bicyclic) bond motifs is 1. The number of nitrogens with zero attached hydrogens (tertiary/aromatic N) is 3. The van der Waals surface area contributed by atoms with E-state index in [2.05, 4.69) is 28.1 Å². The number of ether oxygens (including phenoxy) is 1. The van der Waals surface area contributed by atoms with Crippen molar-refractivity contribution in [2.45, 2.75) is 30.0 Å². The third-order valence-electron chi connectivity index (χ3n) is 6.74. The first-order valence-corrected chi connectivity index (χ1v) is 14.5. The Balaban J connectivity index is 1.70. The summed E-state index contributed by atoms with van der Waals surface area (Å²) in [6.07, 6.45) is 1.45. The maximum absolute atomic E-state index is 12.9. The Morgan fingerprint density at radius 3 is 2.42 bits per heavy atom. The lowest BCUT2D eigenvalue weighted by Gasteiger charge is -2.28. The minimum absolute atomic E-state index is 0.00245. The quantitative estimate of drug-likeness (QED) is 0.126. The molecule has 1 atom stereocenters. The fraction of sp³-hybridized carbons (Fsp3) is 0.152. The van der Waals surface area contributed by atoms with Crippen LogP contribution in [-0.4, -0.2) is 22.8 Å². The second-order valence-corrected chi connectivity index (χ2v) is 11.3. The van der Waals surface area contributed by atoms with Crippen LogP contribution < -0.4 is 0 Å². The van der Waals surface area contributed by atoms with Crippen LogP contribution in [0.25, 0.3) is 28.0 Å². The number of esters is 1. The Labute approximate surface area is 246 Å². The van der Waals surface area contributed by atoms with Crippen molar-refractivity contribution >= 4 is 39.2 Å². The number of rotatable bonds is 6. The number of hydrogen-bond acceptors (Lipinski definition) is 6. The highest BCUT2D eigenvalue weighted by Gasteiger charge is 2.32. The third kappa shape index (κ3) is 5.58. The van der Waals surface area contributed by atoms with Crippen LogP contribution in [0.5, 0.6) is 0 Å². The normalized spacial score (nSPS) is 15.3. The number of aromatic nitrogens is 1. The lowest BCUT2D eigenvalue weighted by Crippen LogP contribution is -2.20. The number of pyridine rings is 1. The maximum atomic E-state index is 12.9. The standard InChI is InChI=1S/C33H24BrN3O2S/c1-2-39-33(38)28(20-36)31-25-11-7-6-10-22(25)14-17-30(31)40-32-27(19-35)26(21-8-4-3-5-9-21)18-29(37-32)23-12-15-24(34)16-13-23/h3-13,15-16,18,30H,2,14,17H2,1H3. The minimum atomic E-state index is -0.635.